The monoisotopic (exact) mass is 314 g/mol. The van der Waals surface area contributed by atoms with E-state index in [4.69, 9.17) is 4.74 Å². The van der Waals surface area contributed by atoms with E-state index in [1.807, 2.05) is 0 Å². The number of hydrogen-bond acceptors (Lipinski definition) is 3. The summed E-state index contributed by atoms with van der Waals surface area (Å²) < 4.78 is 20.3. The fraction of sp³-hybridized carbons (Fsp3) is 0.333. The maximum atomic E-state index is 13.2. The summed E-state index contributed by atoms with van der Waals surface area (Å²) in [6.45, 7) is 5.30. The lowest BCUT2D eigenvalue weighted by Gasteiger charge is -2.19. The van der Waals surface area contributed by atoms with Gasteiger partial charge in [0.2, 0.25) is 0 Å². The van der Waals surface area contributed by atoms with Crippen LogP contribution in [0.2, 0.25) is 0 Å². The highest BCUT2D eigenvalue weighted by molar-refractivity contribution is 9.10. The second kappa shape index (κ2) is 4.35. The van der Waals surface area contributed by atoms with Crippen LogP contribution in [0, 0.1) is 5.82 Å². The van der Waals surface area contributed by atoms with E-state index in [0.29, 0.717) is 15.5 Å². The smallest absolute Gasteiger partial charge is 0.419 e. The van der Waals surface area contributed by atoms with Crippen LogP contribution in [-0.4, -0.2) is 21.2 Å². The van der Waals surface area contributed by atoms with Gasteiger partial charge in [0.1, 0.15) is 16.9 Å². The number of carbonyl (C=O) groups excluding carboxylic acids is 1. The second-order valence-corrected chi connectivity index (χ2v) is 5.70. The molecular formula is C12H12BrFN2O2. The summed E-state index contributed by atoms with van der Waals surface area (Å²) in [6, 6.07) is 1.25. The molecule has 0 radical (unpaired) electrons. The van der Waals surface area contributed by atoms with Gasteiger partial charge in [0, 0.05) is 12.3 Å². The molecule has 0 saturated heterocycles. The van der Waals surface area contributed by atoms with Gasteiger partial charge in [-0.1, -0.05) is 0 Å². The van der Waals surface area contributed by atoms with Crippen molar-refractivity contribution in [2.75, 3.05) is 0 Å². The Morgan fingerprint density at radius 2 is 2.17 bits per heavy atom. The first-order chi connectivity index (χ1) is 8.28. The summed E-state index contributed by atoms with van der Waals surface area (Å²) in [5.41, 5.74) is 0.277. The third-order valence-corrected chi connectivity index (χ3v) is 2.73. The Balaban J connectivity index is 2.51. The molecule has 0 amide bonds. The molecule has 4 nitrogen and oxygen atoms in total. The molecule has 0 unspecified atom stereocenters. The number of halogens is 2. The summed E-state index contributed by atoms with van der Waals surface area (Å²) >= 11 is 3.28. The number of hydrogen-bond donors (Lipinski definition) is 0. The Morgan fingerprint density at radius 3 is 2.78 bits per heavy atom. The minimum atomic E-state index is -0.610. The Labute approximate surface area is 112 Å². The number of ether oxygens (including phenoxy) is 1. The molecule has 0 aliphatic carbocycles. The summed E-state index contributed by atoms with van der Waals surface area (Å²) in [5.74, 6) is -0.502. The normalized spacial score (nSPS) is 11.8. The summed E-state index contributed by atoms with van der Waals surface area (Å²) in [4.78, 5) is 15.9. The van der Waals surface area contributed by atoms with Crippen LogP contribution in [0.1, 0.15) is 20.8 Å². The van der Waals surface area contributed by atoms with Crippen molar-refractivity contribution in [1.82, 2.24) is 9.55 Å². The van der Waals surface area contributed by atoms with E-state index in [0.717, 1.165) is 6.20 Å². The molecule has 2 aromatic heterocycles. The van der Waals surface area contributed by atoms with E-state index in [1.165, 1.54) is 16.8 Å². The molecule has 96 valence electrons. The van der Waals surface area contributed by atoms with Crippen molar-refractivity contribution in [2.24, 2.45) is 0 Å². The Bertz CT molecular complexity index is 616. The lowest BCUT2D eigenvalue weighted by Crippen LogP contribution is -2.26. The Hall–Kier alpha value is -1.43. The minimum Gasteiger partial charge on any atom is -0.443 e. The first kappa shape index (κ1) is 13.0. The zero-order chi connectivity index (χ0) is 13.5. The van der Waals surface area contributed by atoms with Gasteiger partial charge < -0.3 is 4.74 Å². The maximum absolute atomic E-state index is 13.2. The van der Waals surface area contributed by atoms with Gasteiger partial charge in [-0.05, 0) is 36.7 Å². The van der Waals surface area contributed by atoms with Crippen molar-refractivity contribution in [1.29, 1.82) is 0 Å². The molecule has 0 fully saturated rings. The van der Waals surface area contributed by atoms with E-state index < -0.39 is 17.5 Å². The van der Waals surface area contributed by atoms with Crippen molar-refractivity contribution in [3.63, 3.8) is 0 Å². The van der Waals surface area contributed by atoms with Crippen molar-refractivity contribution < 1.29 is 13.9 Å². The number of nitrogens with zero attached hydrogens (tertiary/aromatic N) is 2. The van der Waals surface area contributed by atoms with Crippen LogP contribution in [0.4, 0.5) is 9.18 Å². The Morgan fingerprint density at radius 1 is 1.50 bits per heavy atom. The van der Waals surface area contributed by atoms with E-state index in [-0.39, 0.29) is 0 Å². The predicted octanol–water partition coefficient (Wildman–Crippen LogP) is 3.72. The highest BCUT2D eigenvalue weighted by Crippen LogP contribution is 2.25. The van der Waals surface area contributed by atoms with Crippen LogP contribution >= 0.6 is 15.9 Å². The molecule has 0 saturated carbocycles. The van der Waals surface area contributed by atoms with Crippen LogP contribution < -0.4 is 0 Å². The predicted molar refractivity (Wildman–Crippen MR) is 69.0 cm³/mol. The highest BCUT2D eigenvalue weighted by Gasteiger charge is 2.20. The number of pyridine rings is 1. The zero-order valence-electron chi connectivity index (χ0n) is 10.2. The van der Waals surface area contributed by atoms with Gasteiger partial charge in [0.25, 0.3) is 0 Å². The van der Waals surface area contributed by atoms with Gasteiger partial charge in [-0.2, -0.15) is 0 Å². The van der Waals surface area contributed by atoms with E-state index in [9.17, 15) is 9.18 Å². The summed E-state index contributed by atoms with van der Waals surface area (Å²) in [5, 5.41) is 0. The SMILES string of the molecule is CC(C)(C)OC(=O)n1cc(Br)c2ncc(F)cc21. The standard InChI is InChI=1S/C12H12BrFN2O2/c1-12(2,3)18-11(17)16-6-8(13)10-9(16)4-7(14)5-15-10/h4-6H,1-3H3. The van der Waals surface area contributed by atoms with Crippen LogP contribution in [-0.2, 0) is 4.74 Å². The van der Waals surface area contributed by atoms with Crippen molar-refractivity contribution in [2.45, 2.75) is 26.4 Å². The maximum Gasteiger partial charge on any atom is 0.419 e. The molecule has 0 spiro atoms. The Kier molecular flexibility index (Phi) is 3.14. The van der Waals surface area contributed by atoms with Gasteiger partial charge in [-0.25, -0.2) is 13.8 Å². The molecule has 0 aliphatic rings. The molecule has 6 heteroatoms. The second-order valence-electron chi connectivity index (χ2n) is 4.85. The third kappa shape index (κ3) is 2.53. The molecule has 2 heterocycles. The molecule has 2 aromatic rings. The first-order valence-corrected chi connectivity index (χ1v) is 6.13. The third-order valence-electron chi connectivity index (χ3n) is 2.15. The topological polar surface area (TPSA) is 44.1 Å². The van der Waals surface area contributed by atoms with Crippen molar-refractivity contribution in [3.05, 3.63) is 28.7 Å². The lowest BCUT2D eigenvalue weighted by atomic mass is 10.2. The minimum absolute atomic E-state index is 0.371. The largest absolute Gasteiger partial charge is 0.443 e. The molecule has 18 heavy (non-hydrogen) atoms. The van der Waals surface area contributed by atoms with Crippen molar-refractivity contribution in [3.8, 4) is 0 Å². The van der Waals surface area contributed by atoms with Crippen LogP contribution in [0.15, 0.2) is 22.9 Å². The summed E-state index contributed by atoms with van der Waals surface area (Å²) in [6.07, 6.45) is 2.06. The zero-order valence-corrected chi connectivity index (χ0v) is 11.8. The lowest BCUT2D eigenvalue weighted by molar-refractivity contribution is 0.0544. The number of aromatic nitrogens is 2. The summed E-state index contributed by atoms with van der Waals surface area (Å²) in [7, 11) is 0. The van der Waals surface area contributed by atoms with Gasteiger partial charge in [-0.15, -0.1) is 0 Å². The van der Waals surface area contributed by atoms with Gasteiger partial charge in [0.05, 0.1) is 16.2 Å². The highest BCUT2D eigenvalue weighted by atomic mass is 79.9. The van der Waals surface area contributed by atoms with E-state index in [1.54, 1.807) is 20.8 Å². The number of rotatable bonds is 0. The van der Waals surface area contributed by atoms with Gasteiger partial charge >= 0.3 is 6.09 Å². The van der Waals surface area contributed by atoms with Crippen LogP contribution in [0.25, 0.3) is 11.0 Å². The number of carbonyl (C=O) groups is 1. The van der Waals surface area contributed by atoms with E-state index in [2.05, 4.69) is 20.9 Å². The average molecular weight is 315 g/mol. The molecule has 0 aromatic carbocycles. The molecular weight excluding hydrogens is 303 g/mol. The number of fused-ring (bicyclic) bond motifs is 1. The van der Waals surface area contributed by atoms with Crippen molar-refractivity contribution >= 4 is 33.1 Å². The first-order valence-electron chi connectivity index (χ1n) is 5.33. The fourth-order valence-corrected chi connectivity index (χ4v) is 2.01. The quantitative estimate of drug-likeness (QED) is 0.744. The molecule has 0 bridgehead atoms. The van der Waals surface area contributed by atoms with Gasteiger partial charge in [0.15, 0.2) is 0 Å². The molecule has 0 N–H and O–H groups in total. The molecule has 0 atom stereocenters. The van der Waals surface area contributed by atoms with Gasteiger partial charge in [-0.3, -0.25) is 4.98 Å². The fourth-order valence-electron chi connectivity index (χ4n) is 1.50. The molecule has 0 aliphatic heterocycles. The van der Waals surface area contributed by atoms with E-state index >= 15 is 0 Å². The van der Waals surface area contributed by atoms with Crippen LogP contribution in [0.3, 0.4) is 0 Å². The molecule has 2 rings (SSSR count). The van der Waals surface area contributed by atoms with Crippen LogP contribution in [0.5, 0.6) is 0 Å². The average Bonchev–Trinajstić information content (AvgIpc) is 2.53.